The highest BCUT2D eigenvalue weighted by molar-refractivity contribution is 7.80. The molecule has 0 atom stereocenters. The minimum absolute atomic E-state index is 0.0660. The zero-order valence-corrected chi connectivity index (χ0v) is 11.7. The molecular formula is C13H16F2N2OS. The maximum absolute atomic E-state index is 14.1. The first-order chi connectivity index (χ1) is 8.82. The molecule has 0 aromatic heterocycles. The van der Waals surface area contributed by atoms with Crippen molar-refractivity contribution in [2.45, 2.75) is 19.4 Å². The van der Waals surface area contributed by atoms with E-state index in [9.17, 15) is 8.78 Å². The van der Waals surface area contributed by atoms with Crippen LogP contribution < -0.4 is 10.6 Å². The van der Waals surface area contributed by atoms with Crippen LogP contribution in [-0.4, -0.2) is 30.3 Å². The normalized spacial score (nSPS) is 18.4. The van der Waals surface area contributed by atoms with Gasteiger partial charge in [0.25, 0.3) is 0 Å². The van der Waals surface area contributed by atoms with E-state index in [1.807, 2.05) is 13.8 Å². The molecule has 2 N–H and O–H groups in total. The monoisotopic (exact) mass is 286 g/mol. The van der Waals surface area contributed by atoms with Gasteiger partial charge in [-0.25, -0.2) is 8.78 Å². The van der Waals surface area contributed by atoms with Crippen LogP contribution in [0.15, 0.2) is 12.1 Å². The number of halogens is 2. The second-order valence-corrected chi connectivity index (χ2v) is 5.59. The van der Waals surface area contributed by atoms with Gasteiger partial charge in [0.15, 0.2) is 11.6 Å². The average molecular weight is 286 g/mol. The highest BCUT2D eigenvalue weighted by Gasteiger charge is 2.29. The first-order valence-corrected chi connectivity index (χ1v) is 6.39. The standard InChI is InChI=1S/C13H16F2N2OS/c1-13(2)7-17(5-6-18-13)9-4-3-8(12(16)19)10(14)11(9)15/h3-4H,5-7H2,1-2H3,(H2,16,19). The molecule has 19 heavy (non-hydrogen) atoms. The summed E-state index contributed by atoms with van der Waals surface area (Å²) in [5, 5.41) is 0. The van der Waals surface area contributed by atoms with Crippen LogP contribution in [0.2, 0.25) is 0 Å². The molecule has 6 heteroatoms. The minimum Gasteiger partial charge on any atom is -0.389 e. The van der Waals surface area contributed by atoms with E-state index < -0.39 is 11.6 Å². The van der Waals surface area contributed by atoms with Crippen molar-refractivity contribution in [3.8, 4) is 0 Å². The van der Waals surface area contributed by atoms with Gasteiger partial charge in [-0.15, -0.1) is 0 Å². The van der Waals surface area contributed by atoms with E-state index in [-0.39, 0.29) is 21.8 Å². The van der Waals surface area contributed by atoms with E-state index in [0.717, 1.165) is 0 Å². The summed E-state index contributed by atoms with van der Waals surface area (Å²) >= 11 is 4.68. The van der Waals surface area contributed by atoms with Crippen molar-refractivity contribution < 1.29 is 13.5 Å². The Morgan fingerprint density at radius 2 is 2.05 bits per heavy atom. The molecule has 0 aliphatic carbocycles. The van der Waals surface area contributed by atoms with Crippen LogP contribution in [-0.2, 0) is 4.74 Å². The fraction of sp³-hybridized carbons (Fsp3) is 0.462. The van der Waals surface area contributed by atoms with Crippen molar-refractivity contribution in [3.05, 3.63) is 29.3 Å². The van der Waals surface area contributed by atoms with E-state index in [1.54, 1.807) is 4.90 Å². The van der Waals surface area contributed by atoms with Crippen molar-refractivity contribution in [1.29, 1.82) is 0 Å². The molecule has 1 aliphatic rings. The average Bonchev–Trinajstić information content (AvgIpc) is 2.30. The third kappa shape index (κ3) is 2.84. The number of ether oxygens (including phenoxy) is 1. The van der Waals surface area contributed by atoms with E-state index in [0.29, 0.717) is 19.7 Å². The molecule has 3 nitrogen and oxygen atoms in total. The number of nitrogens with zero attached hydrogens (tertiary/aromatic N) is 1. The molecule has 1 aromatic carbocycles. The van der Waals surface area contributed by atoms with Gasteiger partial charge < -0.3 is 15.4 Å². The van der Waals surface area contributed by atoms with Crippen molar-refractivity contribution in [2.75, 3.05) is 24.6 Å². The van der Waals surface area contributed by atoms with Gasteiger partial charge in [-0.05, 0) is 26.0 Å². The molecule has 0 spiro atoms. The lowest BCUT2D eigenvalue weighted by Gasteiger charge is -2.39. The Hall–Kier alpha value is -1.27. The van der Waals surface area contributed by atoms with Crippen LogP contribution in [0.1, 0.15) is 19.4 Å². The smallest absolute Gasteiger partial charge is 0.182 e. The number of morpholine rings is 1. The molecule has 2 rings (SSSR count). The van der Waals surface area contributed by atoms with Crippen molar-refractivity contribution in [1.82, 2.24) is 0 Å². The number of benzene rings is 1. The Morgan fingerprint density at radius 1 is 1.37 bits per heavy atom. The Balaban J connectivity index is 2.36. The SMILES string of the molecule is CC1(C)CN(c2ccc(C(N)=S)c(F)c2F)CCO1. The molecule has 1 aromatic rings. The summed E-state index contributed by atoms with van der Waals surface area (Å²) in [5.74, 6) is -1.91. The minimum atomic E-state index is -0.991. The second-order valence-electron chi connectivity index (χ2n) is 5.15. The van der Waals surface area contributed by atoms with Gasteiger partial charge in [0.1, 0.15) is 4.99 Å². The van der Waals surface area contributed by atoms with Gasteiger partial charge in [0, 0.05) is 18.7 Å². The first-order valence-electron chi connectivity index (χ1n) is 5.98. The van der Waals surface area contributed by atoms with Gasteiger partial charge >= 0.3 is 0 Å². The second kappa shape index (κ2) is 5.02. The Kier molecular flexibility index (Phi) is 3.73. The van der Waals surface area contributed by atoms with Crippen molar-refractivity contribution in [2.24, 2.45) is 5.73 Å². The molecule has 0 radical (unpaired) electrons. The quantitative estimate of drug-likeness (QED) is 0.846. The number of hydrogen-bond donors (Lipinski definition) is 1. The zero-order valence-electron chi connectivity index (χ0n) is 10.9. The number of nitrogens with two attached hydrogens (primary N) is 1. The van der Waals surface area contributed by atoms with Crippen molar-refractivity contribution >= 4 is 22.9 Å². The molecule has 1 heterocycles. The van der Waals surface area contributed by atoms with Crippen LogP contribution in [0.3, 0.4) is 0 Å². The van der Waals surface area contributed by atoms with Crippen LogP contribution in [0.5, 0.6) is 0 Å². The Morgan fingerprint density at radius 3 is 2.63 bits per heavy atom. The predicted octanol–water partition coefficient (Wildman–Crippen LogP) is 2.21. The lowest BCUT2D eigenvalue weighted by molar-refractivity contribution is -0.0278. The van der Waals surface area contributed by atoms with E-state index in [4.69, 9.17) is 10.5 Å². The topological polar surface area (TPSA) is 38.5 Å². The summed E-state index contributed by atoms with van der Waals surface area (Å²) in [5.41, 5.74) is 5.11. The first kappa shape index (κ1) is 14.1. The zero-order chi connectivity index (χ0) is 14.2. The largest absolute Gasteiger partial charge is 0.389 e. The summed E-state index contributed by atoms with van der Waals surface area (Å²) in [6.07, 6.45) is 0. The maximum atomic E-state index is 14.1. The van der Waals surface area contributed by atoms with Gasteiger partial charge in [-0.3, -0.25) is 0 Å². The summed E-state index contributed by atoms with van der Waals surface area (Å²) in [4.78, 5) is 1.62. The number of anilines is 1. The van der Waals surface area contributed by atoms with E-state index in [1.165, 1.54) is 12.1 Å². The van der Waals surface area contributed by atoms with E-state index >= 15 is 0 Å². The molecule has 0 bridgehead atoms. The van der Waals surface area contributed by atoms with Crippen LogP contribution in [0.25, 0.3) is 0 Å². The lowest BCUT2D eigenvalue weighted by Crippen LogP contribution is -2.48. The van der Waals surface area contributed by atoms with Crippen LogP contribution in [0, 0.1) is 11.6 Å². The third-order valence-corrected chi connectivity index (χ3v) is 3.31. The highest BCUT2D eigenvalue weighted by atomic mass is 32.1. The fourth-order valence-corrected chi connectivity index (χ4v) is 2.35. The van der Waals surface area contributed by atoms with Crippen LogP contribution in [0.4, 0.5) is 14.5 Å². The third-order valence-electron chi connectivity index (χ3n) is 3.09. The van der Waals surface area contributed by atoms with Gasteiger partial charge in [-0.1, -0.05) is 12.2 Å². The molecule has 0 amide bonds. The molecule has 1 saturated heterocycles. The lowest BCUT2D eigenvalue weighted by atomic mass is 10.1. The molecule has 1 fully saturated rings. The summed E-state index contributed by atoms with van der Waals surface area (Å²) in [7, 11) is 0. The summed E-state index contributed by atoms with van der Waals surface area (Å²) in [6, 6.07) is 2.92. The van der Waals surface area contributed by atoms with Crippen LogP contribution >= 0.6 is 12.2 Å². The van der Waals surface area contributed by atoms with E-state index in [2.05, 4.69) is 12.2 Å². The van der Waals surface area contributed by atoms with Gasteiger partial charge in [0.2, 0.25) is 0 Å². The molecular weight excluding hydrogens is 270 g/mol. The Labute approximate surface area is 116 Å². The number of hydrogen-bond acceptors (Lipinski definition) is 3. The molecule has 1 aliphatic heterocycles. The maximum Gasteiger partial charge on any atom is 0.182 e. The fourth-order valence-electron chi connectivity index (χ4n) is 2.20. The number of rotatable bonds is 2. The summed E-state index contributed by atoms with van der Waals surface area (Å²) in [6.45, 7) is 5.32. The molecule has 0 saturated carbocycles. The molecule has 104 valence electrons. The highest BCUT2D eigenvalue weighted by Crippen LogP contribution is 2.28. The van der Waals surface area contributed by atoms with Crippen molar-refractivity contribution in [3.63, 3.8) is 0 Å². The summed E-state index contributed by atoms with van der Waals surface area (Å²) < 4.78 is 33.5. The van der Waals surface area contributed by atoms with Gasteiger partial charge in [-0.2, -0.15) is 0 Å². The van der Waals surface area contributed by atoms with Gasteiger partial charge in [0.05, 0.1) is 17.9 Å². The Bertz CT molecular complexity index is 520. The predicted molar refractivity (Wildman–Crippen MR) is 74.5 cm³/mol. The number of thiocarbonyl (C=S) groups is 1. The molecule has 0 unspecified atom stereocenters.